The van der Waals surface area contributed by atoms with E-state index in [1.807, 2.05) is 7.05 Å². The molecule has 0 aliphatic heterocycles. The van der Waals surface area contributed by atoms with Gasteiger partial charge in [-0.1, -0.05) is 27.7 Å². The molecule has 1 rings (SSSR count). The fourth-order valence-corrected chi connectivity index (χ4v) is 2.18. The summed E-state index contributed by atoms with van der Waals surface area (Å²) in [7, 11) is 2.04. The maximum atomic E-state index is 4.61. The van der Waals surface area contributed by atoms with Gasteiger partial charge in [-0.15, -0.1) is 0 Å². The molecule has 0 fully saturated rings. The van der Waals surface area contributed by atoms with Gasteiger partial charge in [0.05, 0.1) is 5.69 Å². The fourth-order valence-electron chi connectivity index (χ4n) is 2.18. The van der Waals surface area contributed by atoms with Crippen molar-refractivity contribution in [3.63, 3.8) is 0 Å². The number of nitrogens with zero attached hydrogens (tertiary/aromatic N) is 2. The summed E-state index contributed by atoms with van der Waals surface area (Å²) in [6.45, 7) is 12.1. The molecule has 1 aromatic rings. The monoisotopic (exact) mass is 237 g/mol. The summed E-state index contributed by atoms with van der Waals surface area (Å²) in [5.74, 6) is 0. The van der Waals surface area contributed by atoms with Gasteiger partial charge in [0.25, 0.3) is 0 Å². The Balaban J connectivity index is 2.89. The molecule has 0 amide bonds. The van der Waals surface area contributed by atoms with Crippen molar-refractivity contribution >= 4 is 0 Å². The molecule has 1 unspecified atom stereocenters. The molecule has 0 aromatic carbocycles. The molecule has 0 spiro atoms. The first-order valence-corrected chi connectivity index (χ1v) is 6.65. The van der Waals surface area contributed by atoms with Crippen LogP contribution >= 0.6 is 0 Å². The lowest BCUT2D eigenvalue weighted by atomic mass is 9.84. The second-order valence-corrected chi connectivity index (χ2v) is 5.71. The summed E-state index contributed by atoms with van der Waals surface area (Å²) in [5.41, 5.74) is 2.81. The highest BCUT2D eigenvalue weighted by Crippen LogP contribution is 2.22. The lowest BCUT2D eigenvalue weighted by Gasteiger charge is -2.30. The third-order valence-corrected chi connectivity index (χ3v) is 3.38. The van der Waals surface area contributed by atoms with Crippen LogP contribution in [0.15, 0.2) is 6.07 Å². The quantitative estimate of drug-likeness (QED) is 0.853. The van der Waals surface area contributed by atoms with E-state index < -0.39 is 0 Å². The van der Waals surface area contributed by atoms with Crippen molar-refractivity contribution in [3.05, 3.63) is 17.5 Å². The number of aromatic nitrogens is 2. The van der Waals surface area contributed by atoms with Crippen LogP contribution < -0.4 is 5.32 Å². The number of rotatable bonds is 5. The van der Waals surface area contributed by atoms with Crippen molar-refractivity contribution in [1.82, 2.24) is 15.1 Å². The van der Waals surface area contributed by atoms with Crippen molar-refractivity contribution in [3.8, 4) is 0 Å². The SMILES string of the molecule is CCc1cc(CC(NC)C(C)(C)C)n(CC)n1. The molecule has 0 aliphatic rings. The van der Waals surface area contributed by atoms with Crippen molar-refractivity contribution in [2.45, 2.75) is 60.0 Å². The first kappa shape index (κ1) is 14.2. The zero-order valence-electron chi connectivity index (χ0n) is 12.2. The molecule has 3 heteroatoms. The van der Waals surface area contributed by atoms with Crippen LogP contribution in [0.2, 0.25) is 0 Å². The Morgan fingerprint density at radius 3 is 2.41 bits per heavy atom. The zero-order valence-corrected chi connectivity index (χ0v) is 12.2. The fraction of sp³-hybridized carbons (Fsp3) is 0.786. The van der Waals surface area contributed by atoms with E-state index in [1.165, 1.54) is 11.4 Å². The van der Waals surface area contributed by atoms with Gasteiger partial charge in [-0.25, -0.2) is 0 Å². The Morgan fingerprint density at radius 2 is 2.00 bits per heavy atom. The second-order valence-electron chi connectivity index (χ2n) is 5.71. The number of hydrogen-bond donors (Lipinski definition) is 1. The van der Waals surface area contributed by atoms with E-state index in [9.17, 15) is 0 Å². The average Bonchev–Trinajstić information content (AvgIpc) is 2.66. The lowest BCUT2D eigenvalue weighted by molar-refractivity contribution is 0.275. The molecule has 1 heterocycles. The minimum absolute atomic E-state index is 0.268. The first-order chi connectivity index (χ1) is 7.92. The second kappa shape index (κ2) is 5.67. The summed E-state index contributed by atoms with van der Waals surface area (Å²) in [4.78, 5) is 0. The van der Waals surface area contributed by atoms with Gasteiger partial charge in [0.1, 0.15) is 0 Å². The van der Waals surface area contributed by atoms with Gasteiger partial charge in [-0.05, 0) is 31.9 Å². The molecule has 98 valence electrons. The number of hydrogen-bond acceptors (Lipinski definition) is 2. The Labute approximate surface area is 106 Å². The molecular formula is C14H27N3. The lowest BCUT2D eigenvalue weighted by Crippen LogP contribution is -2.40. The maximum Gasteiger partial charge on any atom is 0.0624 e. The first-order valence-electron chi connectivity index (χ1n) is 6.65. The van der Waals surface area contributed by atoms with E-state index in [2.05, 4.69) is 55.8 Å². The van der Waals surface area contributed by atoms with Crippen LogP contribution in [0.5, 0.6) is 0 Å². The summed E-state index contributed by atoms with van der Waals surface area (Å²) >= 11 is 0. The van der Waals surface area contributed by atoms with Crippen LogP contribution in [-0.4, -0.2) is 22.9 Å². The van der Waals surface area contributed by atoms with Gasteiger partial charge in [-0.3, -0.25) is 4.68 Å². The van der Waals surface area contributed by atoms with Gasteiger partial charge in [0, 0.05) is 24.7 Å². The Hall–Kier alpha value is -0.830. The molecule has 0 saturated carbocycles. The summed E-state index contributed by atoms with van der Waals surface area (Å²) in [6, 6.07) is 2.73. The van der Waals surface area contributed by atoms with Crippen LogP contribution in [0.1, 0.15) is 46.0 Å². The minimum atomic E-state index is 0.268. The molecule has 0 aliphatic carbocycles. The van der Waals surface area contributed by atoms with Crippen LogP contribution in [0.3, 0.4) is 0 Å². The van der Waals surface area contributed by atoms with E-state index in [-0.39, 0.29) is 5.41 Å². The third kappa shape index (κ3) is 3.56. The number of likely N-dealkylation sites (N-methyl/N-ethyl adjacent to an activating group) is 1. The predicted molar refractivity (Wildman–Crippen MR) is 73.3 cm³/mol. The van der Waals surface area contributed by atoms with Crippen molar-refractivity contribution in [2.24, 2.45) is 5.41 Å². The zero-order chi connectivity index (χ0) is 13.1. The highest BCUT2D eigenvalue weighted by Gasteiger charge is 2.24. The van der Waals surface area contributed by atoms with Gasteiger partial charge in [-0.2, -0.15) is 5.10 Å². The highest BCUT2D eigenvalue weighted by molar-refractivity contribution is 5.12. The van der Waals surface area contributed by atoms with Crippen LogP contribution in [0.4, 0.5) is 0 Å². The molecular weight excluding hydrogens is 210 g/mol. The molecule has 0 bridgehead atoms. The van der Waals surface area contributed by atoms with Crippen molar-refractivity contribution < 1.29 is 0 Å². The van der Waals surface area contributed by atoms with E-state index in [1.54, 1.807) is 0 Å². The van der Waals surface area contributed by atoms with Crippen molar-refractivity contribution in [1.29, 1.82) is 0 Å². The normalized spacial score (nSPS) is 14.0. The molecule has 17 heavy (non-hydrogen) atoms. The van der Waals surface area contributed by atoms with E-state index in [4.69, 9.17) is 0 Å². The molecule has 3 nitrogen and oxygen atoms in total. The topological polar surface area (TPSA) is 29.9 Å². The average molecular weight is 237 g/mol. The smallest absolute Gasteiger partial charge is 0.0624 e. The van der Waals surface area contributed by atoms with Gasteiger partial charge < -0.3 is 5.32 Å². The van der Waals surface area contributed by atoms with E-state index in [0.29, 0.717) is 6.04 Å². The van der Waals surface area contributed by atoms with Crippen LogP contribution in [0.25, 0.3) is 0 Å². The molecule has 1 N–H and O–H groups in total. The van der Waals surface area contributed by atoms with Gasteiger partial charge >= 0.3 is 0 Å². The Morgan fingerprint density at radius 1 is 1.35 bits per heavy atom. The largest absolute Gasteiger partial charge is 0.316 e. The molecule has 0 saturated heterocycles. The number of aryl methyl sites for hydroxylation is 2. The third-order valence-electron chi connectivity index (χ3n) is 3.38. The minimum Gasteiger partial charge on any atom is -0.316 e. The van der Waals surface area contributed by atoms with Gasteiger partial charge in [0.15, 0.2) is 0 Å². The maximum absolute atomic E-state index is 4.61. The van der Waals surface area contributed by atoms with Crippen molar-refractivity contribution in [2.75, 3.05) is 7.05 Å². The van der Waals surface area contributed by atoms with E-state index in [0.717, 1.165) is 19.4 Å². The van der Waals surface area contributed by atoms with Crippen LogP contribution in [0, 0.1) is 5.41 Å². The number of nitrogens with one attached hydrogen (secondary N) is 1. The van der Waals surface area contributed by atoms with Gasteiger partial charge in [0.2, 0.25) is 0 Å². The van der Waals surface area contributed by atoms with E-state index >= 15 is 0 Å². The summed E-state index contributed by atoms with van der Waals surface area (Å²) in [5, 5.41) is 8.03. The summed E-state index contributed by atoms with van der Waals surface area (Å²) < 4.78 is 2.13. The molecule has 1 aromatic heterocycles. The molecule has 1 atom stereocenters. The summed E-state index contributed by atoms with van der Waals surface area (Å²) in [6.07, 6.45) is 2.06. The predicted octanol–water partition coefficient (Wildman–Crippen LogP) is 2.64. The standard InChI is InChI=1S/C14H27N3/c1-7-11-9-12(17(8-2)16-11)10-13(15-6)14(3,4)5/h9,13,15H,7-8,10H2,1-6H3. The Kier molecular flexibility index (Phi) is 4.75. The molecule has 0 radical (unpaired) electrons. The Bertz CT molecular complexity index is 347. The highest BCUT2D eigenvalue weighted by atomic mass is 15.3. The van der Waals surface area contributed by atoms with Crippen LogP contribution in [-0.2, 0) is 19.4 Å².